The summed E-state index contributed by atoms with van der Waals surface area (Å²) in [6.45, 7) is 3.08. The third-order valence-electron chi connectivity index (χ3n) is 3.62. The zero-order valence-corrected chi connectivity index (χ0v) is 16.0. The van der Waals surface area contributed by atoms with Crippen molar-refractivity contribution in [2.75, 3.05) is 11.6 Å². The highest BCUT2D eigenvalue weighted by Gasteiger charge is 2.21. The van der Waals surface area contributed by atoms with E-state index in [0.29, 0.717) is 16.3 Å². The number of aryl methyl sites for hydroxylation is 1. The fourth-order valence-corrected chi connectivity index (χ4v) is 2.88. The first-order valence-corrected chi connectivity index (χ1v) is 9.93. The number of hydrogen-bond donors (Lipinski definition) is 1. The second-order valence-electron chi connectivity index (χ2n) is 5.79. The average molecular weight is 396 g/mol. The van der Waals surface area contributed by atoms with Crippen LogP contribution in [0, 0.1) is 6.92 Å². The minimum Gasteiger partial charge on any atom is -0.449 e. The van der Waals surface area contributed by atoms with Gasteiger partial charge in [0, 0.05) is 17.0 Å². The number of halogens is 1. The summed E-state index contributed by atoms with van der Waals surface area (Å²) >= 11 is 5.78. The molecule has 0 aromatic heterocycles. The molecule has 0 unspecified atom stereocenters. The summed E-state index contributed by atoms with van der Waals surface area (Å²) in [7, 11) is -3.46. The van der Waals surface area contributed by atoms with Crippen molar-refractivity contribution < 1.29 is 22.7 Å². The van der Waals surface area contributed by atoms with Gasteiger partial charge in [0.15, 0.2) is 15.9 Å². The molecule has 0 bridgehead atoms. The third kappa shape index (κ3) is 5.06. The highest BCUT2D eigenvalue weighted by molar-refractivity contribution is 7.90. The Labute approximate surface area is 157 Å². The highest BCUT2D eigenvalue weighted by atomic mass is 35.5. The Kier molecular flexibility index (Phi) is 6.05. The quantitative estimate of drug-likeness (QED) is 0.785. The Bertz CT molecular complexity index is 939. The maximum Gasteiger partial charge on any atom is 0.339 e. The summed E-state index contributed by atoms with van der Waals surface area (Å²) in [5.74, 6) is -1.29. The van der Waals surface area contributed by atoms with E-state index in [9.17, 15) is 18.0 Å². The summed E-state index contributed by atoms with van der Waals surface area (Å²) in [5, 5.41) is 3.14. The molecule has 1 N–H and O–H groups in total. The molecule has 0 aliphatic rings. The van der Waals surface area contributed by atoms with Crippen LogP contribution >= 0.6 is 11.6 Å². The number of carbonyl (C=O) groups excluding carboxylic acids is 2. The van der Waals surface area contributed by atoms with Crippen LogP contribution in [0.15, 0.2) is 47.4 Å². The minimum atomic E-state index is -3.46. The van der Waals surface area contributed by atoms with Crippen molar-refractivity contribution in [2.45, 2.75) is 24.8 Å². The van der Waals surface area contributed by atoms with Gasteiger partial charge >= 0.3 is 5.97 Å². The summed E-state index contributed by atoms with van der Waals surface area (Å²) < 4.78 is 28.5. The monoisotopic (exact) mass is 395 g/mol. The first-order chi connectivity index (χ1) is 12.1. The van der Waals surface area contributed by atoms with Gasteiger partial charge in [0.05, 0.1) is 10.5 Å². The van der Waals surface area contributed by atoms with Gasteiger partial charge in [-0.2, -0.15) is 0 Å². The summed E-state index contributed by atoms with van der Waals surface area (Å²) in [6.07, 6.45) is -0.0194. The standard InChI is InChI=1S/C18H18ClNO5S/c1-11-4-9-15(26(3,23)24)10-16(11)18(22)25-12(2)17(21)20-14-7-5-13(19)6-8-14/h4-10,12H,1-3H3,(H,20,21)/t12-/m0/s1. The van der Waals surface area contributed by atoms with E-state index in [0.717, 1.165) is 6.26 Å². The Hall–Kier alpha value is -2.38. The van der Waals surface area contributed by atoms with E-state index >= 15 is 0 Å². The molecule has 2 aromatic carbocycles. The van der Waals surface area contributed by atoms with Crippen molar-refractivity contribution in [3.8, 4) is 0 Å². The SMILES string of the molecule is Cc1ccc(S(C)(=O)=O)cc1C(=O)O[C@@H](C)C(=O)Nc1ccc(Cl)cc1. The summed E-state index contributed by atoms with van der Waals surface area (Å²) in [5.41, 5.74) is 1.16. The lowest BCUT2D eigenvalue weighted by atomic mass is 10.1. The lowest BCUT2D eigenvalue weighted by molar-refractivity contribution is -0.123. The molecule has 1 amide bonds. The maximum atomic E-state index is 12.3. The maximum absolute atomic E-state index is 12.3. The second kappa shape index (κ2) is 7.88. The van der Waals surface area contributed by atoms with Crippen LogP contribution in [0.5, 0.6) is 0 Å². The predicted molar refractivity (Wildman–Crippen MR) is 99.2 cm³/mol. The van der Waals surface area contributed by atoms with Crippen molar-refractivity contribution in [3.63, 3.8) is 0 Å². The van der Waals surface area contributed by atoms with E-state index in [-0.39, 0.29) is 10.5 Å². The number of esters is 1. The second-order valence-corrected chi connectivity index (χ2v) is 8.24. The molecule has 0 saturated carbocycles. The normalized spacial score (nSPS) is 12.3. The van der Waals surface area contributed by atoms with Crippen molar-refractivity contribution >= 4 is 39.0 Å². The lowest BCUT2D eigenvalue weighted by Gasteiger charge is -2.15. The molecule has 6 nitrogen and oxygen atoms in total. The van der Waals surface area contributed by atoms with Crippen molar-refractivity contribution in [2.24, 2.45) is 0 Å². The molecule has 0 aliphatic carbocycles. The molecule has 0 spiro atoms. The molecular formula is C18H18ClNO5S. The van der Waals surface area contributed by atoms with Gasteiger partial charge in [0.2, 0.25) is 0 Å². The number of hydrogen-bond acceptors (Lipinski definition) is 5. The van der Waals surface area contributed by atoms with Gasteiger partial charge in [0.25, 0.3) is 5.91 Å². The molecule has 26 heavy (non-hydrogen) atoms. The molecule has 0 aliphatic heterocycles. The van der Waals surface area contributed by atoms with Gasteiger partial charge in [-0.1, -0.05) is 17.7 Å². The van der Waals surface area contributed by atoms with E-state index in [1.165, 1.54) is 25.1 Å². The van der Waals surface area contributed by atoms with E-state index in [1.807, 2.05) is 0 Å². The predicted octanol–water partition coefficient (Wildman–Crippen LogP) is 3.24. The number of sulfone groups is 1. The van der Waals surface area contributed by atoms with Crippen molar-refractivity contribution in [3.05, 3.63) is 58.6 Å². The Morgan fingerprint density at radius 3 is 2.31 bits per heavy atom. The fourth-order valence-electron chi connectivity index (χ4n) is 2.11. The number of carbonyl (C=O) groups is 2. The van der Waals surface area contributed by atoms with Crippen LogP contribution in [-0.2, 0) is 19.4 Å². The van der Waals surface area contributed by atoms with Gasteiger partial charge in [-0.15, -0.1) is 0 Å². The Morgan fingerprint density at radius 1 is 1.12 bits per heavy atom. The number of ether oxygens (including phenoxy) is 1. The third-order valence-corrected chi connectivity index (χ3v) is 4.98. The molecule has 0 fully saturated rings. The van der Waals surface area contributed by atoms with Crippen LogP contribution < -0.4 is 5.32 Å². The van der Waals surface area contributed by atoms with Crippen molar-refractivity contribution in [1.82, 2.24) is 0 Å². The first-order valence-electron chi connectivity index (χ1n) is 7.66. The van der Waals surface area contributed by atoms with Gasteiger partial charge in [-0.3, -0.25) is 4.79 Å². The van der Waals surface area contributed by atoms with Gasteiger partial charge in [-0.25, -0.2) is 13.2 Å². The molecule has 8 heteroatoms. The van der Waals surface area contributed by atoms with E-state index in [2.05, 4.69) is 5.32 Å². The van der Waals surface area contributed by atoms with Crippen molar-refractivity contribution in [1.29, 1.82) is 0 Å². The number of amides is 1. The minimum absolute atomic E-state index is 0.00770. The van der Waals surface area contributed by atoms with Crippen LogP contribution in [0.2, 0.25) is 5.02 Å². The first kappa shape index (κ1) is 19.9. The molecule has 2 rings (SSSR count). The van der Waals surface area contributed by atoms with E-state index in [1.54, 1.807) is 31.2 Å². The average Bonchev–Trinajstić information content (AvgIpc) is 2.56. The van der Waals surface area contributed by atoms with Gasteiger partial charge in [0.1, 0.15) is 0 Å². The Balaban J connectivity index is 2.11. The largest absolute Gasteiger partial charge is 0.449 e. The molecule has 138 valence electrons. The van der Waals surface area contributed by atoms with Crippen LogP contribution in [0.4, 0.5) is 5.69 Å². The number of nitrogens with one attached hydrogen (secondary N) is 1. The zero-order valence-electron chi connectivity index (χ0n) is 14.4. The van der Waals surface area contributed by atoms with Crippen LogP contribution in [0.25, 0.3) is 0 Å². The molecule has 1 atom stereocenters. The number of anilines is 1. The topological polar surface area (TPSA) is 89.5 Å². The number of rotatable bonds is 5. The molecule has 2 aromatic rings. The van der Waals surface area contributed by atoms with Crippen LogP contribution in [0.3, 0.4) is 0 Å². The smallest absolute Gasteiger partial charge is 0.339 e. The molecule has 0 heterocycles. The highest BCUT2D eigenvalue weighted by Crippen LogP contribution is 2.18. The van der Waals surface area contributed by atoms with E-state index in [4.69, 9.17) is 16.3 Å². The lowest BCUT2D eigenvalue weighted by Crippen LogP contribution is -2.30. The van der Waals surface area contributed by atoms with Crippen LogP contribution in [-0.4, -0.2) is 32.7 Å². The number of benzene rings is 2. The molecular weight excluding hydrogens is 378 g/mol. The van der Waals surface area contributed by atoms with Gasteiger partial charge in [-0.05, 0) is 55.8 Å². The van der Waals surface area contributed by atoms with Crippen LogP contribution in [0.1, 0.15) is 22.8 Å². The summed E-state index contributed by atoms with van der Waals surface area (Å²) in [6, 6.07) is 10.7. The molecule has 0 radical (unpaired) electrons. The van der Waals surface area contributed by atoms with Gasteiger partial charge < -0.3 is 10.1 Å². The van der Waals surface area contributed by atoms with E-state index < -0.39 is 27.8 Å². The fraction of sp³-hybridized carbons (Fsp3) is 0.222. The molecule has 0 saturated heterocycles. The Morgan fingerprint density at radius 2 is 1.73 bits per heavy atom. The zero-order chi connectivity index (χ0) is 19.5. The summed E-state index contributed by atoms with van der Waals surface area (Å²) in [4.78, 5) is 24.5.